The van der Waals surface area contributed by atoms with Gasteiger partial charge in [-0.3, -0.25) is 9.80 Å². The van der Waals surface area contributed by atoms with E-state index in [0.717, 1.165) is 47.6 Å². The number of rotatable bonds is 4. The van der Waals surface area contributed by atoms with Crippen molar-refractivity contribution in [3.8, 4) is 0 Å². The van der Waals surface area contributed by atoms with Gasteiger partial charge in [-0.25, -0.2) is 0 Å². The first kappa shape index (κ1) is 24.1. The molecule has 2 heteroatoms. The Morgan fingerprint density at radius 3 is 1.52 bits per heavy atom. The van der Waals surface area contributed by atoms with E-state index in [9.17, 15) is 0 Å². The lowest BCUT2D eigenvalue weighted by molar-refractivity contribution is 0.130. The molecular formula is C31H52N2. The zero-order chi connectivity index (χ0) is 22.6. The molecule has 5 aliphatic rings. The molecule has 5 rings (SSSR count). The number of allylic oxidation sites excluding steroid dienone is 2. The van der Waals surface area contributed by atoms with Gasteiger partial charge < -0.3 is 0 Å². The summed E-state index contributed by atoms with van der Waals surface area (Å²) in [5.41, 5.74) is 0. The Kier molecular flexibility index (Phi) is 8.35. The Morgan fingerprint density at radius 1 is 0.606 bits per heavy atom. The summed E-state index contributed by atoms with van der Waals surface area (Å²) in [4.78, 5) is 5.90. The SMILES string of the molecule is CCCN1CCCN(CCC)[C@H]2CC3CCCC[C@@H]3[C@H]2C=CC=C[C@@H]2C3CCCC[C@@H]3CC21. The number of hydrogen-bond donors (Lipinski definition) is 0. The van der Waals surface area contributed by atoms with Crippen molar-refractivity contribution in [1.29, 1.82) is 0 Å². The summed E-state index contributed by atoms with van der Waals surface area (Å²) in [5, 5.41) is 0. The highest BCUT2D eigenvalue weighted by molar-refractivity contribution is 5.15. The van der Waals surface area contributed by atoms with Crippen LogP contribution >= 0.6 is 0 Å². The van der Waals surface area contributed by atoms with Gasteiger partial charge in [-0.15, -0.1) is 0 Å². The Balaban J connectivity index is 1.41. The Bertz CT molecular complexity index is 612. The monoisotopic (exact) mass is 452 g/mol. The van der Waals surface area contributed by atoms with E-state index in [1.807, 2.05) is 0 Å². The summed E-state index contributed by atoms with van der Waals surface area (Å²) in [6.45, 7) is 10.0. The topological polar surface area (TPSA) is 6.48 Å². The van der Waals surface area contributed by atoms with Gasteiger partial charge in [0.1, 0.15) is 0 Å². The molecule has 4 saturated carbocycles. The van der Waals surface area contributed by atoms with Gasteiger partial charge in [-0.2, -0.15) is 0 Å². The van der Waals surface area contributed by atoms with E-state index in [-0.39, 0.29) is 0 Å². The lowest BCUT2D eigenvalue weighted by Crippen LogP contribution is -2.43. The first-order chi connectivity index (χ1) is 16.3. The van der Waals surface area contributed by atoms with Gasteiger partial charge in [-0.1, -0.05) is 76.7 Å². The summed E-state index contributed by atoms with van der Waals surface area (Å²) in [7, 11) is 0. The molecular weight excluding hydrogens is 400 g/mol. The van der Waals surface area contributed by atoms with Crippen molar-refractivity contribution in [3.63, 3.8) is 0 Å². The average molecular weight is 453 g/mol. The molecule has 186 valence electrons. The molecule has 2 nitrogen and oxygen atoms in total. The molecule has 1 heterocycles. The molecule has 3 unspecified atom stereocenters. The van der Waals surface area contributed by atoms with Crippen LogP contribution < -0.4 is 0 Å². The normalized spacial score (nSPS) is 42.5. The number of hydrogen-bond acceptors (Lipinski definition) is 2. The maximum Gasteiger partial charge on any atom is 0.0164 e. The fourth-order valence-corrected chi connectivity index (χ4v) is 9.23. The van der Waals surface area contributed by atoms with Crippen molar-refractivity contribution in [1.82, 2.24) is 9.80 Å². The zero-order valence-corrected chi connectivity index (χ0v) is 21.8. The van der Waals surface area contributed by atoms with Gasteiger partial charge in [0.15, 0.2) is 0 Å². The first-order valence-corrected chi connectivity index (χ1v) is 15.1. The minimum absolute atomic E-state index is 0.792. The van der Waals surface area contributed by atoms with Crippen LogP contribution in [0.3, 0.4) is 0 Å². The predicted octanol–water partition coefficient (Wildman–Crippen LogP) is 7.32. The molecule has 4 aliphatic carbocycles. The van der Waals surface area contributed by atoms with Gasteiger partial charge in [0.25, 0.3) is 0 Å². The van der Waals surface area contributed by atoms with Crippen LogP contribution in [0.5, 0.6) is 0 Å². The van der Waals surface area contributed by atoms with E-state index in [1.165, 1.54) is 110 Å². The van der Waals surface area contributed by atoms with Crippen molar-refractivity contribution in [3.05, 3.63) is 24.3 Å². The Labute approximate surface area is 205 Å². The van der Waals surface area contributed by atoms with Crippen LogP contribution in [0.4, 0.5) is 0 Å². The van der Waals surface area contributed by atoms with Gasteiger partial charge >= 0.3 is 0 Å². The van der Waals surface area contributed by atoms with Gasteiger partial charge in [0.2, 0.25) is 0 Å². The molecule has 0 spiro atoms. The molecule has 0 aromatic carbocycles. The standard InChI is InChI=1S/C31H52N2/c1-3-18-32-20-11-21-33(19-4-2)31-23-25-13-6-8-15-27(25)29(31)17-10-9-16-28-26-14-7-5-12-24(26)22-30(28)32/h9-10,16-17,24-31H,3-8,11-15,18-23H2,1-2H3/t24-,25?,26?,27+,28-,29-,30?,31+/m1/s1. The zero-order valence-electron chi connectivity index (χ0n) is 21.8. The van der Waals surface area contributed by atoms with Crippen LogP contribution in [0.2, 0.25) is 0 Å². The second kappa shape index (κ2) is 11.4. The molecule has 0 aromatic rings. The molecule has 1 aliphatic heterocycles. The lowest BCUT2D eigenvalue weighted by Gasteiger charge is -2.36. The van der Waals surface area contributed by atoms with Crippen molar-refractivity contribution < 1.29 is 0 Å². The summed E-state index contributed by atoms with van der Waals surface area (Å²) in [6, 6.07) is 1.59. The summed E-state index contributed by atoms with van der Waals surface area (Å²) >= 11 is 0. The van der Waals surface area contributed by atoms with E-state index >= 15 is 0 Å². The van der Waals surface area contributed by atoms with E-state index in [1.54, 1.807) is 0 Å². The smallest absolute Gasteiger partial charge is 0.0164 e. The first-order valence-electron chi connectivity index (χ1n) is 15.1. The third kappa shape index (κ3) is 5.18. The average Bonchev–Trinajstić information content (AvgIpc) is 3.39. The van der Waals surface area contributed by atoms with E-state index in [2.05, 4.69) is 48.0 Å². The molecule has 33 heavy (non-hydrogen) atoms. The fraction of sp³-hybridized carbons (Fsp3) is 0.871. The van der Waals surface area contributed by atoms with Crippen molar-refractivity contribution in [2.75, 3.05) is 26.2 Å². The Hall–Kier alpha value is -0.600. The van der Waals surface area contributed by atoms with Crippen molar-refractivity contribution in [2.24, 2.45) is 35.5 Å². The highest BCUT2D eigenvalue weighted by Gasteiger charge is 2.46. The second-order valence-electron chi connectivity index (χ2n) is 12.4. The molecule has 0 bridgehead atoms. The summed E-state index contributed by atoms with van der Waals surface area (Å²) in [5.74, 6) is 5.48. The maximum atomic E-state index is 2.95. The molecule has 8 atom stereocenters. The molecule has 0 aromatic heterocycles. The van der Waals surface area contributed by atoms with Crippen molar-refractivity contribution in [2.45, 2.75) is 109 Å². The third-order valence-corrected chi connectivity index (χ3v) is 10.5. The molecule has 0 amide bonds. The number of fused-ring (bicyclic) bond motifs is 6. The van der Waals surface area contributed by atoms with Gasteiger partial charge in [0, 0.05) is 12.1 Å². The van der Waals surface area contributed by atoms with Crippen molar-refractivity contribution >= 4 is 0 Å². The summed E-state index contributed by atoms with van der Waals surface area (Å²) in [6.07, 6.45) is 29.2. The van der Waals surface area contributed by atoms with Gasteiger partial charge in [0.05, 0.1) is 0 Å². The highest BCUT2D eigenvalue weighted by Crippen LogP contribution is 2.50. The van der Waals surface area contributed by atoms with Crippen LogP contribution in [-0.4, -0.2) is 48.1 Å². The van der Waals surface area contributed by atoms with E-state index < -0.39 is 0 Å². The fourth-order valence-electron chi connectivity index (χ4n) is 9.23. The Morgan fingerprint density at radius 2 is 1.06 bits per heavy atom. The van der Waals surface area contributed by atoms with Crippen LogP contribution in [0.15, 0.2) is 24.3 Å². The van der Waals surface area contributed by atoms with Crippen LogP contribution in [0.1, 0.15) is 97.3 Å². The molecule has 0 N–H and O–H groups in total. The van der Waals surface area contributed by atoms with Crippen LogP contribution in [0.25, 0.3) is 0 Å². The van der Waals surface area contributed by atoms with Gasteiger partial charge in [-0.05, 0) is 107 Å². The lowest BCUT2D eigenvalue weighted by atomic mass is 9.77. The second-order valence-corrected chi connectivity index (χ2v) is 12.4. The molecule has 0 saturated heterocycles. The van der Waals surface area contributed by atoms with E-state index in [0.29, 0.717) is 0 Å². The minimum Gasteiger partial charge on any atom is -0.300 e. The minimum atomic E-state index is 0.792. The quantitative estimate of drug-likeness (QED) is 0.441. The third-order valence-electron chi connectivity index (χ3n) is 10.5. The molecule has 4 fully saturated rings. The largest absolute Gasteiger partial charge is 0.300 e. The van der Waals surface area contributed by atoms with E-state index in [4.69, 9.17) is 0 Å². The van der Waals surface area contributed by atoms with Crippen LogP contribution in [-0.2, 0) is 0 Å². The highest BCUT2D eigenvalue weighted by atomic mass is 15.2. The van der Waals surface area contributed by atoms with Crippen LogP contribution in [0, 0.1) is 35.5 Å². The predicted molar refractivity (Wildman–Crippen MR) is 141 cm³/mol. The molecule has 0 radical (unpaired) electrons. The summed E-state index contributed by atoms with van der Waals surface area (Å²) < 4.78 is 0. The maximum absolute atomic E-state index is 2.95. The number of nitrogens with zero attached hydrogens (tertiary/aromatic N) is 2.